The Kier molecular flexibility index (Phi) is 15.8. The van der Waals surface area contributed by atoms with Crippen molar-refractivity contribution < 1.29 is 37.5 Å². The Bertz CT molecular complexity index is 2000. The van der Waals surface area contributed by atoms with Crippen molar-refractivity contribution in [3.8, 4) is 17.6 Å². The molecule has 1 N–H and O–H groups in total. The van der Waals surface area contributed by atoms with E-state index >= 15 is 0 Å². The second-order valence-corrected chi connectivity index (χ2v) is 15.8. The molecule has 58 heavy (non-hydrogen) atoms. The van der Waals surface area contributed by atoms with Gasteiger partial charge in [-0.05, 0) is 75.6 Å². The van der Waals surface area contributed by atoms with Gasteiger partial charge in [0, 0.05) is 37.4 Å². The first kappa shape index (κ1) is 44.7. The molecule has 0 radical (unpaired) electrons. The number of nitrogens with one attached hydrogen (secondary N) is 1. The molecule has 1 unspecified atom stereocenters. The lowest BCUT2D eigenvalue weighted by molar-refractivity contribution is -0.294. The summed E-state index contributed by atoms with van der Waals surface area (Å²) < 4.78 is 54.5. The van der Waals surface area contributed by atoms with Crippen LogP contribution < -0.4 is 20.7 Å². The van der Waals surface area contributed by atoms with Gasteiger partial charge in [-0.1, -0.05) is 54.6 Å². The van der Waals surface area contributed by atoms with Crippen molar-refractivity contribution in [2.45, 2.75) is 83.3 Å². The summed E-state index contributed by atoms with van der Waals surface area (Å²) in [6, 6.07) is 27.3. The lowest BCUT2D eigenvalue weighted by Crippen LogP contribution is -2.51. The molecule has 0 bridgehead atoms. The molecule has 2 heterocycles. The van der Waals surface area contributed by atoms with E-state index in [-0.39, 0.29) is 51.4 Å². The molecule has 4 atom stereocenters. The Balaban J connectivity index is 1.72. The maximum absolute atomic E-state index is 13.4. The number of nitrogens with zero attached hydrogens (tertiary/aromatic N) is 3. The number of hydrogen-bond acceptors (Lipinski definition) is 12. The largest absolute Gasteiger partial charge is 0.497 e. The predicted octanol–water partition coefficient (Wildman–Crippen LogP) is 6.81. The van der Waals surface area contributed by atoms with Gasteiger partial charge < -0.3 is 37.5 Å². The van der Waals surface area contributed by atoms with E-state index in [4.69, 9.17) is 37.5 Å². The molecule has 5 rings (SSSR count). The minimum absolute atomic E-state index is 0.00767. The highest BCUT2D eigenvalue weighted by Gasteiger charge is 2.56. The third-order valence-electron chi connectivity index (χ3n) is 9.87. The molecule has 1 aromatic heterocycles. The Morgan fingerprint density at radius 3 is 2.02 bits per heavy atom. The van der Waals surface area contributed by atoms with Crippen LogP contribution in [0.5, 0.6) is 11.5 Å². The average Bonchev–Trinajstić information content (AvgIpc) is 3.57. The van der Waals surface area contributed by atoms with E-state index in [1.165, 1.54) is 10.8 Å². The third-order valence-corrected chi connectivity index (χ3v) is 12.0. The van der Waals surface area contributed by atoms with Crippen LogP contribution in [0, 0.1) is 18.3 Å². The van der Waals surface area contributed by atoms with Crippen LogP contribution in [0.4, 0.5) is 0 Å². The zero-order valence-electron chi connectivity index (χ0n) is 34.5. The standard InChI is InChI=1S/C43H55N4O10P/c1-30(2)47(31(3)4)58(55-24-12-23-44)57-38-27-39(46-28-32(5)40(48)45-41(46)49)56-42(38,53-26-25-50-6)29-54-43(33-13-10-9-11-14-33,34-15-19-36(51-7)20-16-34)35-17-21-37(52-8)22-18-35/h9-11,13-22,28,30-31,38-39H,12,24-27,29H2,1-8H3,(H,45,48,49)/t38-,39+,42+,58?/m0/s1. The lowest BCUT2D eigenvalue weighted by Gasteiger charge is -2.42. The van der Waals surface area contributed by atoms with Crippen molar-refractivity contribution in [1.29, 1.82) is 5.26 Å². The van der Waals surface area contributed by atoms with E-state index in [0.717, 1.165) is 16.7 Å². The SMILES string of the molecule is COCCO[C@]1(COC(c2ccccc2)(c2ccc(OC)cc2)c2ccc(OC)cc2)O[C@@H](n2cc(C)c(=O)[nH]c2=O)C[C@@H]1OP(OCCC#N)N(C(C)C)C(C)C. The summed E-state index contributed by atoms with van der Waals surface area (Å²) in [4.78, 5) is 28.3. The highest BCUT2D eigenvalue weighted by Crippen LogP contribution is 2.53. The van der Waals surface area contributed by atoms with Crippen molar-refractivity contribution in [1.82, 2.24) is 14.2 Å². The first-order valence-corrected chi connectivity index (χ1v) is 20.4. The highest BCUT2D eigenvalue weighted by atomic mass is 31.2. The van der Waals surface area contributed by atoms with Crippen LogP contribution in [0.25, 0.3) is 0 Å². The number of H-pyrrole nitrogens is 1. The molecule has 0 aliphatic carbocycles. The van der Waals surface area contributed by atoms with Crippen molar-refractivity contribution in [3.05, 3.63) is 128 Å². The summed E-state index contributed by atoms with van der Waals surface area (Å²) in [7, 11) is 2.97. The molecule has 1 saturated heterocycles. The number of benzene rings is 3. The zero-order chi connectivity index (χ0) is 41.9. The van der Waals surface area contributed by atoms with Gasteiger partial charge in [0.25, 0.3) is 14.1 Å². The minimum atomic E-state index is -1.83. The summed E-state index contributed by atoms with van der Waals surface area (Å²) >= 11 is 0. The Morgan fingerprint density at radius 2 is 1.48 bits per heavy atom. The fourth-order valence-electron chi connectivity index (χ4n) is 7.09. The molecule has 0 amide bonds. The van der Waals surface area contributed by atoms with Gasteiger partial charge in [0.2, 0.25) is 5.79 Å². The van der Waals surface area contributed by atoms with Crippen LogP contribution in [0.15, 0.2) is 94.6 Å². The highest BCUT2D eigenvalue weighted by molar-refractivity contribution is 7.44. The van der Waals surface area contributed by atoms with Gasteiger partial charge in [0.15, 0.2) is 0 Å². The maximum atomic E-state index is 13.4. The summed E-state index contributed by atoms with van der Waals surface area (Å²) in [6.45, 7) is 9.99. The minimum Gasteiger partial charge on any atom is -0.497 e. The van der Waals surface area contributed by atoms with Gasteiger partial charge in [-0.3, -0.25) is 14.3 Å². The number of hydrogen-bond donors (Lipinski definition) is 1. The van der Waals surface area contributed by atoms with Gasteiger partial charge in [-0.2, -0.15) is 5.26 Å². The topological polar surface area (TPSA) is 156 Å². The number of aromatic amines is 1. The monoisotopic (exact) mass is 818 g/mol. The van der Waals surface area contributed by atoms with E-state index in [9.17, 15) is 14.9 Å². The second kappa shape index (κ2) is 20.5. The summed E-state index contributed by atoms with van der Waals surface area (Å²) in [5, 5.41) is 9.42. The quantitative estimate of drug-likeness (QED) is 0.0534. The lowest BCUT2D eigenvalue weighted by atomic mass is 9.80. The van der Waals surface area contributed by atoms with E-state index < -0.39 is 43.5 Å². The molecule has 0 spiro atoms. The Morgan fingerprint density at radius 1 is 0.897 bits per heavy atom. The van der Waals surface area contributed by atoms with Crippen LogP contribution in [0.3, 0.4) is 0 Å². The van der Waals surface area contributed by atoms with Gasteiger partial charge in [0.05, 0.1) is 46.5 Å². The third kappa shape index (κ3) is 10.1. The fourth-order valence-corrected chi connectivity index (χ4v) is 8.86. The van der Waals surface area contributed by atoms with E-state index in [1.807, 2.05) is 107 Å². The fraction of sp³-hybridized carbons (Fsp3) is 0.465. The number of methoxy groups -OCH3 is 3. The maximum Gasteiger partial charge on any atom is 0.330 e. The molecule has 1 aliphatic rings. The van der Waals surface area contributed by atoms with E-state index in [1.54, 1.807) is 28.3 Å². The normalized spacial score (nSPS) is 18.8. The molecule has 1 aliphatic heterocycles. The molecule has 1 fully saturated rings. The molecule has 4 aromatic rings. The van der Waals surface area contributed by atoms with Crippen molar-refractivity contribution in [3.63, 3.8) is 0 Å². The molecule has 0 saturated carbocycles. The molecule has 312 valence electrons. The van der Waals surface area contributed by atoms with Crippen molar-refractivity contribution >= 4 is 8.53 Å². The number of nitriles is 1. The first-order chi connectivity index (χ1) is 27.9. The first-order valence-electron chi connectivity index (χ1n) is 19.3. The van der Waals surface area contributed by atoms with Crippen LogP contribution in [-0.4, -0.2) is 86.0 Å². The second-order valence-electron chi connectivity index (χ2n) is 14.4. The van der Waals surface area contributed by atoms with Crippen LogP contribution in [0.2, 0.25) is 0 Å². The predicted molar refractivity (Wildman–Crippen MR) is 220 cm³/mol. The van der Waals surface area contributed by atoms with Crippen molar-refractivity contribution in [2.24, 2.45) is 0 Å². The van der Waals surface area contributed by atoms with Crippen LogP contribution in [0.1, 0.15) is 69.0 Å². The molecule has 14 nitrogen and oxygen atoms in total. The van der Waals surface area contributed by atoms with Gasteiger partial charge in [-0.25, -0.2) is 9.46 Å². The smallest absolute Gasteiger partial charge is 0.330 e. The number of ether oxygens (including phenoxy) is 6. The van der Waals surface area contributed by atoms with Crippen LogP contribution in [-0.2, 0) is 33.6 Å². The number of aryl methyl sites for hydroxylation is 1. The summed E-state index contributed by atoms with van der Waals surface area (Å²) in [5.74, 6) is -0.354. The average molecular weight is 819 g/mol. The molecule has 15 heteroatoms. The zero-order valence-corrected chi connectivity index (χ0v) is 35.4. The molecular formula is C43H55N4O10P. The Labute approximate surface area is 341 Å². The van der Waals surface area contributed by atoms with Crippen molar-refractivity contribution in [2.75, 3.05) is 47.8 Å². The van der Waals surface area contributed by atoms with Gasteiger partial charge >= 0.3 is 5.69 Å². The van der Waals surface area contributed by atoms with Gasteiger partial charge in [-0.15, -0.1) is 0 Å². The summed E-state index contributed by atoms with van der Waals surface area (Å²) in [6.07, 6.45) is -0.144. The van der Waals surface area contributed by atoms with Crippen LogP contribution >= 0.6 is 8.53 Å². The van der Waals surface area contributed by atoms with E-state index in [0.29, 0.717) is 17.1 Å². The molecular weight excluding hydrogens is 763 g/mol. The molecule has 3 aromatic carbocycles. The Hall–Kier alpha value is -4.42. The number of rotatable bonds is 21. The summed E-state index contributed by atoms with van der Waals surface area (Å²) in [5.41, 5.74) is 0.276. The van der Waals surface area contributed by atoms with E-state index in [2.05, 4.69) is 15.7 Å². The van der Waals surface area contributed by atoms with Gasteiger partial charge in [0.1, 0.15) is 36.0 Å². The number of aromatic nitrogens is 2.